The summed E-state index contributed by atoms with van der Waals surface area (Å²) >= 11 is 0. The fraction of sp³-hybridized carbons (Fsp3) is 0.714. The molecule has 0 aliphatic carbocycles. The summed E-state index contributed by atoms with van der Waals surface area (Å²) in [6, 6.07) is 2.02. The van der Waals surface area contributed by atoms with Crippen LogP contribution in [0.4, 0.5) is 0 Å². The Balaban J connectivity index is 1.65. The molecular formula is C14H24N2O. The van der Waals surface area contributed by atoms with Gasteiger partial charge >= 0.3 is 0 Å². The highest BCUT2D eigenvalue weighted by atomic mass is 16.3. The maximum Gasteiger partial charge on any atom is 0.120 e. The van der Waals surface area contributed by atoms with Crippen LogP contribution in [-0.2, 0) is 6.54 Å². The van der Waals surface area contributed by atoms with Crippen LogP contribution in [0.2, 0.25) is 0 Å². The van der Waals surface area contributed by atoms with Gasteiger partial charge in [-0.1, -0.05) is 6.92 Å². The van der Waals surface area contributed by atoms with Gasteiger partial charge in [-0.2, -0.15) is 0 Å². The SMILES string of the molecule is CCN1CCC(CNCc2occc2C)CC1. The molecule has 0 unspecified atom stereocenters. The lowest BCUT2D eigenvalue weighted by molar-refractivity contribution is 0.189. The lowest BCUT2D eigenvalue weighted by Crippen LogP contribution is -2.36. The molecule has 1 saturated heterocycles. The zero-order valence-electron chi connectivity index (χ0n) is 11.0. The molecule has 0 aromatic carbocycles. The normalized spacial score (nSPS) is 18.7. The number of furan rings is 1. The van der Waals surface area contributed by atoms with Crippen molar-refractivity contribution in [1.29, 1.82) is 0 Å². The third-order valence-corrected chi connectivity index (χ3v) is 3.84. The molecule has 0 spiro atoms. The van der Waals surface area contributed by atoms with Crippen LogP contribution in [0.25, 0.3) is 0 Å². The van der Waals surface area contributed by atoms with E-state index in [9.17, 15) is 0 Å². The lowest BCUT2D eigenvalue weighted by Gasteiger charge is -2.31. The first-order valence-corrected chi connectivity index (χ1v) is 6.75. The first kappa shape index (κ1) is 12.7. The molecule has 1 aromatic rings. The van der Waals surface area contributed by atoms with E-state index in [1.165, 1.54) is 38.0 Å². The van der Waals surface area contributed by atoms with Gasteiger partial charge in [0, 0.05) is 0 Å². The van der Waals surface area contributed by atoms with E-state index in [1.807, 2.05) is 6.07 Å². The summed E-state index contributed by atoms with van der Waals surface area (Å²) < 4.78 is 5.42. The fourth-order valence-corrected chi connectivity index (χ4v) is 2.48. The molecule has 0 atom stereocenters. The molecule has 3 heteroatoms. The Labute approximate surface area is 104 Å². The highest BCUT2D eigenvalue weighted by molar-refractivity contribution is 5.14. The largest absolute Gasteiger partial charge is 0.468 e. The van der Waals surface area contributed by atoms with Crippen LogP contribution in [-0.4, -0.2) is 31.1 Å². The Morgan fingerprint density at radius 1 is 1.41 bits per heavy atom. The summed E-state index contributed by atoms with van der Waals surface area (Å²) in [6.07, 6.45) is 4.43. The molecule has 2 rings (SSSR count). The topological polar surface area (TPSA) is 28.4 Å². The van der Waals surface area contributed by atoms with Crippen molar-refractivity contribution in [3.05, 3.63) is 23.7 Å². The molecule has 1 aliphatic rings. The maximum atomic E-state index is 5.42. The molecular weight excluding hydrogens is 212 g/mol. The van der Waals surface area contributed by atoms with Crippen LogP contribution in [0, 0.1) is 12.8 Å². The second-order valence-electron chi connectivity index (χ2n) is 5.04. The lowest BCUT2D eigenvalue weighted by atomic mass is 9.97. The van der Waals surface area contributed by atoms with Crippen molar-refractivity contribution < 1.29 is 4.42 Å². The molecule has 17 heavy (non-hydrogen) atoms. The predicted octanol–water partition coefficient (Wildman–Crippen LogP) is 2.41. The van der Waals surface area contributed by atoms with E-state index < -0.39 is 0 Å². The number of nitrogens with one attached hydrogen (secondary N) is 1. The van der Waals surface area contributed by atoms with Gasteiger partial charge in [-0.05, 0) is 63.5 Å². The van der Waals surface area contributed by atoms with Crippen LogP contribution < -0.4 is 5.32 Å². The van der Waals surface area contributed by atoms with Crippen LogP contribution in [0.3, 0.4) is 0 Å². The molecule has 1 aromatic heterocycles. The van der Waals surface area contributed by atoms with E-state index in [2.05, 4.69) is 24.1 Å². The van der Waals surface area contributed by atoms with Crippen LogP contribution in [0.5, 0.6) is 0 Å². The van der Waals surface area contributed by atoms with E-state index in [1.54, 1.807) is 6.26 Å². The number of nitrogens with zero attached hydrogens (tertiary/aromatic N) is 1. The number of aryl methyl sites for hydroxylation is 1. The first-order chi connectivity index (χ1) is 8.29. The second kappa shape index (κ2) is 6.22. The molecule has 0 saturated carbocycles. The van der Waals surface area contributed by atoms with E-state index in [0.717, 1.165) is 24.8 Å². The average molecular weight is 236 g/mol. The average Bonchev–Trinajstić information content (AvgIpc) is 2.76. The van der Waals surface area contributed by atoms with Crippen molar-refractivity contribution in [3.63, 3.8) is 0 Å². The molecule has 3 nitrogen and oxygen atoms in total. The standard InChI is InChI=1S/C14H24N2O/c1-3-16-7-4-13(5-8-16)10-15-11-14-12(2)6-9-17-14/h6,9,13,15H,3-5,7-8,10-11H2,1-2H3. The minimum absolute atomic E-state index is 0.841. The fourth-order valence-electron chi connectivity index (χ4n) is 2.48. The molecule has 2 heterocycles. The van der Waals surface area contributed by atoms with Gasteiger partial charge in [-0.3, -0.25) is 0 Å². The molecule has 1 aliphatic heterocycles. The predicted molar refractivity (Wildman–Crippen MR) is 70.0 cm³/mol. The minimum atomic E-state index is 0.841. The van der Waals surface area contributed by atoms with Crippen molar-refractivity contribution in [2.24, 2.45) is 5.92 Å². The summed E-state index contributed by atoms with van der Waals surface area (Å²) in [5.74, 6) is 1.92. The number of hydrogen-bond acceptors (Lipinski definition) is 3. The van der Waals surface area contributed by atoms with E-state index in [4.69, 9.17) is 4.42 Å². The summed E-state index contributed by atoms with van der Waals surface area (Å²) in [5, 5.41) is 3.52. The van der Waals surface area contributed by atoms with Crippen molar-refractivity contribution in [1.82, 2.24) is 10.2 Å². The van der Waals surface area contributed by atoms with Gasteiger partial charge in [0.15, 0.2) is 0 Å². The Bertz CT molecular complexity index is 327. The minimum Gasteiger partial charge on any atom is -0.468 e. The number of likely N-dealkylation sites (tertiary alicyclic amines) is 1. The van der Waals surface area contributed by atoms with E-state index in [0.29, 0.717) is 0 Å². The molecule has 1 fully saturated rings. The van der Waals surface area contributed by atoms with Gasteiger partial charge in [0.1, 0.15) is 5.76 Å². The highest BCUT2D eigenvalue weighted by Crippen LogP contribution is 2.16. The molecule has 0 radical (unpaired) electrons. The Morgan fingerprint density at radius 3 is 2.76 bits per heavy atom. The van der Waals surface area contributed by atoms with Crippen LogP contribution in [0.15, 0.2) is 16.7 Å². The third-order valence-electron chi connectivity index (χ3n) is 3.84. The van der Waals surface area contributed by atoms with Gasteiger partial charge in [0.05, 0.1) is 12.8 Å². The zero-order valence-corrected chi connectivity index (χ0v) is 11.0. The summed E-state index contributed by atoms with van der Waals surface area (Å²) in [4.78, 5) is 2.53. The van der Waals surface area contributed by atoms with Gasteiger partial charge in [0.2, 0.25) is 0 Å². The molecule has 0 bridgehead atoms. The van der Waals surface area contributed by atoms with Crippen LogP contribution >= 0.6 is 0 Å². The van der Waals surface area contributed by atoms with Crippen molar-refractivity contribution in [3.8, 4) is 0 Å². The number of rotatable bonds is 5. The van der Waals surface area contributed by atoms with Crippen molar-refractivity contribution in [2.75, 3.05) is 26.2 Å². The van der Waals surface area contributed by atoms with Gasteiger partial charge in [-0.25, -0.2) is 0 Å². The van der Waals surface area contributed by atoms with Crippen molar-refractivity contribution in [2.45, 2.75) is 33.2 Å². The Morgan fingerprint density at radius 2 is 2.18 bits per heavy atom. The summed E-state index contributed by atoms with van der Waals surface area (Å²) in [7, 11) is 0. The van der Waals surface area contributed by atoms with E-state index >= 15 is 0 Å². The van der Waals surface area contributed by atoms with E-state index in [-0.39, 0.29) is 0 Å². The molecule has 1 N–H and O–H groups in total. The molecule has 96 valence electrons. The smallest absolute Gasteiger partial charge is 0.120 e. The summed E-state index contributed by atoms with van der Waals surface area (Å²) in [5.41, 5.74) is 1.25. The highest BCUT2D eigenvalue weighted by Gasteiger charge is 2.17. The van der Waals surface area contributed by atoms with Gasteiger partial charge in [0.25, 0.3) is 0 Å². The second-order valence-corrected chi connectivity index (χ2v) is 5.04. The maximum absolute atomic E-state index is 5.42. The quantitative estimate of drug-likeness (QED) is 0.851. The Hall–Kier alpha value is -0.800. The molecule has 0 amide bonds. The monoisotopic (exact) mass is 236 g/mol. The van der Waals surface area contributed by atoms with Crippen molar-refractivity contribution >= 4 is 0 Å². The number of hydrogen-bond donors (Lipinski definition) is 1. The first-order valence-electron chi connectivity index (χ1n) is 6.75. The number of piperidine rings is 1. The van der Waals surface area contributed by atoms with Gasteiger partial charge in [-0.15, -0.1) is 0 Å². The third kappa shape index (κ3) is 3.58. The zero-order chi connectivity index (χ0) is 12.1. The van der Waals surface area contributed by atoms with Gasteiger partial charge < -0.3 is 14.6 Å². The van der Waals surface area contributed by atoms with Crippen LogP contribution in [0.1, 0.15) is 31.1 Å². The summed E-state index contributed by atoms with van der Waals surface area (Å²) in [6.45, 7) is 10.1. The Kier molecular flexibility index (Phi) is 4.63.